The van der Waals surface area contributed by atoms with Crippen LogP contribution in [0.5, 0.6) is 5.75 Å². The van der Waals surface area contributed by atoms with Gasteiger partial charge in [0.05, 0.1) is 17.7 Å². The van der Waals surface area contributed by atoms with Crippen molar-refractivity contribution in [3.8, 4) is 17.0 Å². The van der Waals surface area contributed by atoms with E-state index in [9.17, 15) is 10.1 Å². The van der Waals surface area contributed by atoms with Gasteiger partial charge in [0.2, 0.25) is 0 Å². The van der Waals surface area contributed by atoms with E-state index in [1.165, 1.54) is 23.5 Å². The largest absolute Gasteiger partial charge is 0.502 e. The molecule has 198 valence electrons. The van der Waals surface area contributed by atoms with Gasteiger partial charge in [0.25, 0.3) is 5.69 Å². The van der Waals surface area contributed by atoms with Crippen molar-refractivity contribution in [2.45, 2.75) is 26.8 Å². The van der Waals surface area contributed by atoms with Crippen LogP contribution in [0.15, 0.2) is 58.8 Å². The Hall–Kier alpha value is -3.23. The first-order valence-corrected chi connectivity index (χ1v) is 14.7. The highest BCUT2D eigenvalue weighted by molar-refractivity contribution is 7.19. The summed E-state index contributed by atoms with van der Waals surface area (Å²) in [6.07, 6.45) is 0. The first-order valence-electron chi connectivity index (χ1n) is 11.9. The van der Waals surface area contributed by atoms with Gasteiger partial charge in [0, 0.05) is 50.1 Å². The number of thiazole rings is 1. The molecule has 0 spiro atoms. The van der Waals surface area contributed by atoms with Crippen molar-refractivity contribution >= 4 is 41.6 Å². The van der Waals surface area contributed by atoms with Gasteiger partial charge in [-0.2, -0.15) is 0 Å². The molecule has 1 aromatic heterocycles. The first-order chi connectivity index (χ1) is 17.9. The standard InChI is InChI=1S/C24H31N5O6SSi/c1-5-33-37(34-6-2,35-7-3)17-16-25-24-26-22(18-8-14-21(32-4)15-9-18)23(36-24)28-27-19-10-12-20(13-11-19)29(30)31/h8-15H,5-7,16-17H2,1-4H3,(H,25,26). The van der Waals surface area contributed by atoms with E-state index in [-0.39, 0.29) is 5.69 Å². The quantitative estimate of drug-likeness (QED) is 0.0978. The van der Waals surface area contributed by atoms with Gasteiger partial charge in [-0.1, -0.05) is 11.3 Å². The van der Waals surface area contributed by atoms with Gasteiger partial charge in [-0.15, -0.1) is 10.2 Å². The Labute approximate surface area is 221 Å². The highest BCUT2D eigenvalue weighted by Crippen LogP contribution is 2.39. The van der Waals surface area contributed by atoms with Gasteiger partial charge >= 0.3 is 8.80 Å². The molecule has 0 aliphatic carbocycles. The Morgan fingerprint density at radius 2 is 1.59 bits per heavy atom. The van der Waals surface area contributed by atoms with Gasteiger partial charge in [-0.05, 0) is 57.2 Å². The Balaban J connectivity index is 1.84. The van der Waals surface area contributed by atoms with Crippen LogP contribution in [0.4, 0.5) is 21.5 Å². The van der Waals surface area contributed by atoms with Gasteiger partial charge in [-0.3, -0.25) is 10.1 Å². The van der Waals surface area contributed by atoms with Crippen molar-refractivity contribution in [1.29, 1.82) is 0 Å². The number of anilines is 1. The molecule has 37 heavy (non-hydrogen) atoms. The number of rotatable bonds is 15. The molecule has 0 aliphatic rings. The van der Waals surface area contributed by atoms with Crippen LogP contribution < -0.4 is 10.1 Å². The zero-order valence-electron chi connectivity index (χ0n) is 21.3. The molecule has 11 nitrogen and oxygen atoms in total. The van der Waals surface area contributed by atoms with Crippen LogP contribution in [0.2, 0.25) is 6.04 Å². The van der Waals surface area contributed by atoms with Crippen LogP contribution in [0, 0.1) is 10.1 Å². The summed E-state index contributed by atoms with van der Waals surface area (Å²) in [6, 6.07) is 14.0. The van der Waals surface area contributed by atoms with E-state index < -0.39 is 13.7 Å². The Bertz CT molecular complexity index is 1160. The average Bonchev–Trinajstić information content (AvgIpc) is 3.31. The molecular weight excluding hydrogens is 514 g/mol. The number of methoxy groups -OCH3 is 1. The van der Waals surface area contributed by atoms with Crippen LogP contribution in [0.3, 0.4) is 0 Å². The van der Waals surface area contributed by atoms with Gasteiger partial charge in [-0.25, -0.2) is 4.98 Å². The third-order valence-corrected chi connectivity index (χ3v) is 9.03. The molecule has 0 saturated heterocycles. The summed E-state index contributed by atoms with van der Waals surface area (Å²) >= 11 is 1.35. The fourth-order valence-electron chi connectivity index (χ4n) is 3.46. The molecule has 2 aromatic carbocycles. The maximum atomic E-state index is 10.9. The molecule has 1 N–H and O–H groups in total. The SMILES string of the molecule is CCO[Si](CCNc1nc(-c2ccc(OC)cc2)c(N=Nc2ccc([N+](=O)[O-])cc2)s1)(OCC)OCC. The molecule has 0 fully saturated rings. The topological polar surface area (TPSA) is 130 Å². The molecule has 0 bridgehead atoms. The van der Waals surface area contributed by atoms with Crippen molar-refractivity contribution < 1.29 is 22.9 Å². The third kappa shape index (κ3) is 7.87. The molecule has 13 heteroatoms. The van der Waals surface area contributed by atoms with Crippen molar-refractivity contribution in [2.75, 3.05) is 38.8 Å². The number of nitrogens with zero attached hydrogens (tertiary/aromatic N) is 4. The summed E-state index contributed by atoms with van der Waals surface area (Å²) in [4.78, 5) is 15.2. The van der Waals surface area contributed by atoms with E-state index in [1.807, 2.05) is 45.0 Å². The lowest BCUT2D eigenvalue weighted by molar-refractivity contribution is -0.384. The van der Waals surface area contributed by atoms with Crippen LogP contribution in [-0.4, -0.2) is 52.2 Å². The number of aromatic nitrogens is 1. The van der Waals surface area contributed by atoms with Crippen LogP contribution in [0.25, 0.3) is 11.3 Å². The number of benzene rings is 2. The van der Waals surface area contributed by atoms with Gasteiger partial charge in [0.15, 0.2) is 10.1 Å². The van der Waals surface area contributed by atoms with Crippen molar-refractivity contribution in [3.63, 3.8) is 0 Å². The number of hydrogen-bond donors (Lipinski definition) is 1. The highest BCUT2D eigenvalue weighted by atomic mass is 32.1. The maximum absolute atomic E-state index is 10.9. The van der Waals surface area contributed by atoms with E-state index in [1.54, 1.807) is 19.2 Å². The van der Waals surface area contributed by atoms with Crippen LogP contribution in [-0.2, 0) is 13.3 Å². The minimum atomic E-state index is -2.79. The summed E-state index contributed by atoms with van der Waals surface area (Å²) in [7, 11) is -1.18. The van der Waals surface area contributed by atoms with Gasteiger partial charge < -0.3 is 23.3 Å². The van der Waals surface area contributed by atoms with E-state index in [2.05, 4.69) is 15.5 Å². The summed E-state index contributed by atoms with van der Waals surface area (Å²) in [5.74, 6) is 0.732. The number of hydrogen-bond acceptors (Lipinski definition) is 11. The zero-order valence-corrected chi connectivity index (χ0v) is 23.1. The lowest BCUT2D eigenvalue weighted by Crippen LogP contribution is -2.47. The molecule has 3 aromatic rings. The maximum Gasteiger partial charge on any atom is 0.502 e. The predicted octanol–water partition coefficient (Wildman–Crippen LogP) is 6.60. The monoisotopic (exact) mass is 545 g/mol. The fourth-order valence-corrected chi connectivity index (χ4v) is 6.73. The second kappa shape index (κ2) is 13.9. The van der Waals surface area contributed by atoms with Crippen molar-refractivity contribution in [1.82, 2.24) is 4.98 Å². The van der Waals surface area contributed by atoms with E-state index >= 15 is 0 Å². The number of non-ortho nitro benzene ring substituents is 1. The molecule has 3 rings (SSSR count). The lowest BCUT2D eigenvalue weighted by atomic mass is 10.1. The molecule has 1 heterocycles. The Morgan fingerprint density at radius 1 is 0.973 bits per heavy atom. The number of azo groups is 1. The summed E-state index contributed by atoms with van der Waals surface area (Å²) in [5, 5.41) is 24.2. The second-order valence-electron chi connectivity index (χ2n) is 7.53. The number of ether oxygens (including phenoxy) is 1. The second-order valence-corrected chi connectivity index (χ2v) is 11.2. The minimum Gasteiger partial charge on any atom is -0.497 e. The first kappa shape index (κ1) is 28.3. The van der Waals surface area contributed by atoms with Crippen molar-refractivity contribution in [3.05, 3.63) is 58.6 Å². The highest BCUT2D eigenvalue weighted by Gasteiger charge is 2.39. The van der Waals surface area contributed by atoms with Gasteiger partial charge in [0.1, 0.15) is 11.4 Å². The Morgan fingerprint density at radius 3 is 2.14 bits per heavy atom. The summed E-state index contributed by atoms with van der Waals surface area (Å²) < 4.78 is 23.1. The molecular formula is C24H31N5O6SSi. The predicted molar refractivity (Wildman–Crippen MR) is 145 cm³/mol. The molecule has 0 aliphatic heterocycles. The van der Waals surface area contributed by atoms with E-state index in [4.69, 9.17) is 23.0 Å². The minimum absolute atomic E-state index is 0.00654. The zero-order chi connectivity index (χ0) is 26.7. The normalized spacial score (nSPS) is 11.7. The van der Waals surface area contributed by atoms with Crippen LogP contribution in [0.1, 0.15) is 20.8 Å². The average molecular weight is 546 g/mol. The van der Waals surface area contributed by atoms with E-state index in [0.29, 0.717) is 53.9 Å². The van der Waals surface area contributed by atoms with Crippen LogP contribution >= 0.6 is 11.3 Å². The Kier molecular flexibility index (Phi) is 10.6. The van der Waals surface area contributed by atoms with Crippen molar-refractivity contribution in [2.24, 2.45) is 10.2 Å². The lowest BCUT2D eigenvalue weighted by Gasteiger charge is -2.28. The number of nitro benzene ring substituents is 1. The molecule has 0 amide bonds. The molecule has 0 atom stereocenters. The molecule has 0 radical (unpaired) electrons. The number of nitro groups is 1. The molecule has 0 saturated carbocycles. The summed E-state index contributed by atoms with van der Waals surface area (Å²) in [6.45, 7) is 7.86. The van der Waals surface area contributed by atoms with E-state index in [0.717, 1.165) is 11.3 Å². The fraction of sp³-hybridized carbons (Fsp3) is 0.375. The smallest absolute Gasteiger partial charge is 0.497 e. The number of nitrogens with one attached hydrogen (secondary N) is 1. The summed E-state index contributed by atoms with van der Waals surface area (Å²) in [5.41, 5.74) is 2.00. The molecule has 0 unspecified atom stereocenters. The third-order valence-electron chi connectivity index (χ3n) is 5.09.